The molecule has 0 spiro atoms. The quantitative estimate of drug-likeness (QED) is 0.699. The maximum atomic E-state index is 2.66. The smallest absolute Gasteiger partial charge is 0.0234 e. The lowest BCUT2D eigenvalue weighted by Gasteiger charge is -2.35. The van der Waals surface area contributed by atoms with E-state index in [1.807, 2.05) is 11.8 Å². The molecule has 134 valence electrons. The molecule has 0 N–H and O–H groups in total. The SMILES string of the molecule is CSc1ccc(CN2CCN(CCCN3CCCCC3)CC2)cc1. The summed E-state index contributed by atoms with van der Waals surface area (Å²) in [5.41, 5.74) is 1.45. The van der Waals surface area contributed by atoms with E-state index in [1.54, 1.807) is 0 Å². The van der Waals surface area contributed by atoms with Gasteiger partial charge in [0, 0.05) is 37.6 Å². The van der Waals surface area contributed by atoms with Crippen molar-refractivity contribution < 1.29 is 0 Å². The van der Waals surface area contributed by atoms with Crippen molar-refractivity contribution in [2.75, 3.05) is 58.6 Å². The van der Waals surface area contributed by atoms with E-state index in [-0.39, 0.29) is 0 Å². The van der Waals surface area contributed by atoms with Crippen LogP contribution in [0.25, 0.3) is 0 Å². The van der Waals surface area contributed by atoms with Gasteiger partial charge in [-0.05, 0) is 69.4 Å². The number of piperidine rings is 1. The summed E-state index contributed by atoms with van der Waals surface area (Å²) in [6.45, 7) is 11.3. The molecule has 3 nitrogen and oxygen atoms in total. The zero-order chi connectivity index (χ0) is 16.6. The predicted molar refractivity (Wildman–Crippen MR) is 105 cm³/mol. The zero-order valence-corrected chi connectivity index (χ0v) is 16.1. The van der Waals surface area contributed by atoms with E-state index in [1.165, 1.54) is 88.5 Å². The lowest BCUT2D eigenvalue weighted by Crippen LogP contribution is -2.46. The van der Waals surface area contributed by atoms with Crippen molar-refractivity contribution in [3.05, 3.63) is 29.8 Å². The molecule has 0 atom stereocenters. The molecule has 24 heavy (non-hydrogen) atoms. The molecule has 1 aromatic rings. The Morgan fingerprint density at radius 1 is 0.750 bits per heavy atom. The summed E-state index contributed by atoms with van der Waals surface area (Å²) in [4.78, 5) is 9.29. The van der Waals surface area contributed by atoms with E-state index in [9.17, 15) is 0 Å². The maximum absolute atomic E-state index is 2.66. The summed E-state index contributed by atoms with van der Waals surface area (Å²) >= 11 is 1.82. The van der Waals surface area contributed by atoms with E-state index in [0.29, 0.717) is 0 Å². The van der Waals surface area contributed by atoms with Crippen LogP contribution in [0.3, 0.4) is 0 Å². The van der Waals surface area contributed by atoms with Gasteiger partial charge in [-0.3, -0.25) is 4.90 Å². The predicted octanol–water partition coefficient (Wildman–Crippen LogP) is 3.40. The highest BCUT2D eigenvalue weighted by Crippen LogP contribution is 2.16. The maximum Gasteiger partial charge on any atom is 0.0234 e. The van der Waals surface area contributed by atoms with Gasteiger partial charge >= 0.3 is 0 Å². The highest BCUT2D eigenvalue weighted by Gasteiger charge is 2.17. The van der Waals surface area contributed by atoms with Gasteiger partial charge in [0.05, 0.1) is 0 Å². The fourth-order valence-corrected chi connectivity index (χ4v) is 4.27. The lowest BCUT2D eigenvalue weighted by atomic mass is 10.1. The summed E-state index contributed by atoms with van der Waals surface area (Å²) in [5.74, 6) is 0. The number of nitrogens with zero attached hydrogens (tertiary/aromatic N) is 3. The third-order valence-electron chi connectivity index (χ3n) is 5.43. The molecule has 2 saturated heterocycles. The van der Waals surface area contributed by atoms with Crippen molar-refractivity contribution in [2.45, 2.75) is 37.1 Å². The number of likely N-dealkylation sites (tertiary alicyclic amines) is 1. The average Bonchev–Trinajstić information content (AvgIpc) is 2.65. The Morgan fingerprint density at radius 2 is 1.33 bits per heavy atom. The van der Waals surface area contributed by atoms with Crippen LogP contribution in [0.2, 0.25) is 0 Å². The number of rotatable bonds is 7. The van der Waals surface area contributed by atoms with Crippen LogP contribution in [0.15, 0.2) is 29.2 Å². The normalized spacial score (nSPS) is 21.2. The van der Waals surface area contributed by atoms with Gasteiger partial charge in [0.15, 0.2) is 0 Å². The molecule has 2 fully saturated rings. The van der Waals surface area contributed by atoms with Crippen LogP contribution in [-0.4, -0.2) is 73.3 Å². The second-order valence-corrected chi connectivity index (χ2v) is 8.10. The van der Waals surface area contributed by atoms with E-state index < -0.39 is 0 Å². The number of piperazine rings is 1. The van der Waals surface area contributed by atoms with Gasteiger partial charge in [-0.1, -0.05) is 18.6 Å². The standard InChI is InChI=1S/C20H33N3S/c1-24-20-8-6-19(7-9-20)18-23-16-14-22(15-17-23)13-5-12-21-10-3-2-4-11-21/h6-9H,2-5,10-18H2,1H3. The first-order valence-electron chi connectivity index (χ1n) is 9.63. The third-order valence-corrected chi connectivity index (χ3v) is 6.17. The number of thioether (sulfide) groups is 1. The molecule has 3 rings (SSSR count). The Balaban J connectivity index is 1.31. The Kier molecular flexibility index (Phi) is 7.46. The van der Waals surface area contributed by atoms with Gasteiger partial charge in [-0.2, -0.15) is 0 Å². The second kappa shape index (κ2) is 9.81. The van der Waals surface area contributed by atoms with Crippen molar-refractivity contribution in [3.8, 4) is 0 Å². The van der Waals surface area contributed by atoms with Crippen molar-refractivity contribution in [1.29, 1.82) is 0 Å². The number of benzene rings is 1. The molecule has 1 aromatic carbocycles. The highest BCUT2D eigenvalue weighted by molar-refractivity contribution is 7.98. The zero-order valence-electron chi connectivity index (χ0n) is 15.3. The summed E-state index contributed by atoms with van der Waals surface area (Å²) in [6, 6.07) is 9.07. The fourth-order valence-electron chi connectivity index (χ4n) is 3.86. The molecule has 2 aliphatic heterocycles. The molecule has 0 bridgehead atoms. The van der Waals surface area contributed by atoms with Crippen LogP contribution in [0.5, 0.6) is 0 Å². The molecule has 0 saturated carbocycles. The van der Waals surface area contributed by atoms with Gasteiger partial charge in [-0.15, -0.1) is 11.8 Å². The van der Waals surface area contributed by atoms with Crippen molar-refractivity contribution in [1.82, 2.24) is 14.7 Å². The first kappa shape index (κ1) is 18.2. The first-order chi connectivity index (χ1) is 11.8. The third kappa shape index (κ3) is 5.76. The van der Waals surface area contributed by atoms with E-state index in [4.69, 9.17) is 0 Å². The van der Waals surface area contributed by atoms with Crippen LogP contribution < -0.4 is 0 Å². The lowest BCUT2D eigenvalue weighted by molar-refractivity contribution is 0.120. The van der Waals surface area contributed by atoms with Crippen LogP contribution in [0.1, 0.15) is 31.2 Å². The molecule has 4 heteroatoms. The van der Waals surface area contributed by atoms with Crippen LogP contribution >= 0.6 is 11.8 Å². The molecule has 0 aliphatic carbocycles. The topological polar surface area (TPSA) is 9.72 Å². The molecular weight excluding hydrogens is 314 g/mol. The van der Waals surface area contributed by atoms with Gasteiger partial charge in [0.25, 0.3) is 0 Å². The largest absolute Gasteiger partial charge is 0.303 e. The molecule has 2 heterocycles. The van der Waals surface area contributed by atoms with Crippen molar-refractivity contribution in [2.24, 2.45) is 0 Å². The first-order valence-corrected chi connectivity index (χ1v) is 10.9. The van der Waals surface area contributed by atoms with Crippen LogP contribution in [0.4, 0.5) is 0 Å². The Labute approximate surface area is 152 Å². The fraction of sp³-hybridized carbons (Fsp3) is 0.700. The summed E-state index contributed by atoms with van der Waals surface area (Å²) < 4.78 is 0. The Morgan fingerprint density at radius 3 is 1.96 bits per heavy atom. The van der Waals surface area contributed by atoms with Crippen molar-refractivity contribution in [3.63, 3.8) is 0 Å². The van der Waals surface area contributed by atoms with Crippen LogP contribution in [0, 0.1) is 0 Å². The van der Waals surface area contributed by atoms with Gasteiger partial charge in [0.1, 0.15) is 0 Å². The molecular formula is C20H33N3S. The van der Waals surface area contributed by atoms with E-state index in [0.717, 1.165) is 6.54 Å². The molecule has 2 aliphatic rings. The minimum Gasteiger partial charge on any atom is -0.303 e. The van der Waals surface area contributed by atoms with Gasteiger partial charge in [-0.25, -0.2) is 0 Å². The van der Waals surface area contributed by atoms with Gasteiger partial charge < -0.3 is 9.80 Å². The second-order valence-electron chi connectivity index (χ2n) is 7.22. The Hall–Kier alpha value is -0.550. The molecule has 0 radical (unpaired) electrons. The molecule has 0 amide bonds. The Bertz CT molecular complexity index is 462. The monoisotopic (exact) mass is 347 g/mol. The van der Waals surface area contributed by atoms with Gasteiger partial charge in [0.2, 0.25) is 0 Å². The summed E-state index contributed by atoms with van der Waals surface area (Å²) in [5, 5.41) is 0. The number of hydrogen-bond acceptors (Lipinski definition) is 4. The number of hydrogen-bond donors (Lipinski definition) is 0. The van der Waals surface area contributed by atoms with E-state index in [2.05, 4.69) is 45.2 Å². The van der Waals surface area contributed by atoms with Crippen LogP contribution in [-0.2, 0) is 6.54 Å². The highest BCUT2D eigenvalue weighted by atomic mass is 32.2. The molecule has 0 aromatic heterocycles. The molecule has 0 unspecified atom stereocenters. The van der Waals surface area contributed by atoms with E-state index >= 15 is 0 Å². The summed E-state index contributed by atoms with van der Waals surface area (Å²) in [6.07, 6.45) is 7.75. The minimum absolute atomic E-state index is 1.11. The minimum atomic E-state index is 1.11. The summed E-state index contributed by atoms with van der Waals surface area (Å²) in [7, 11) is 0. The van der Waals surface area contributed by atoms with Crippen molar-refractivity contribution >= 4 is 11.8 Å². The average molecular weight is 348 g/mol.